The summed E-state index contributed by atoms with van der Waals surface area (Å²) >= 11 is 5.52. The van der Waals surface area contributed by atoms with Crippen molar-refractivity contribution in [3.63, 3.8) is 0 Å². The number of alkyl halides is 3. The third-order valence-corrected chi connectivity index (χ3v) is 2.30. The Hall–Kier alpha value is -1.72. The van der Waals surface area contributed by atoms with E-state index in [-0.39, 0.29) is 34.7 Å². The predicted molar refractivity (Wildman–Crippen MR) is 52.8 cm³/mol. The van der Waals surface area contributed by atoms with Gasteiger partial charge in [0.15, 0.2) is 0 Å². The van der Waals surface area contributed by atoms with Gasteiger partial charge in [0.1, 0.15) is 11.8 Å². The predicted octanol–water partition coefficient (Wildman–Crippen LogP) is 2.70. The van der Waals surface area contributed by atoms with Crippen molar-refractivity contribution in [1.29, 1.82) is 10.5 Å². The first-order chi connectivity index (χ1) is 7.65. The number of nitriles is 2. The summed E-state index contributed by atoms with van der Waals surface area (Å²) in [5, 5.41) is 17.2. The highest BCUT2D eigenvalue weighted by atomic mass is 35.5. The van der Waals surface area contributed by atoms with Crippen LogP contribution in [0.2, 0.25) is 0 Å². The van der Waals surface area contributed by atoms with E-state index >= 15 is 0 Å². The van der Waals surface area contributed by atoms with Crippen molar-refractivity contribution in [2.75, 3.05) is 0 Å². The Morgan fingerprint density at radius 3 is 2.56 bits per heavy atom. The van der Waals surface area contributed by atoms with Crippen molar-refractivity contribution in [2.24, 2.45) is 0 Å². The van der Waals surface area contributed by atoms with Crippen molar-refractivity contribution >= 4 is 11.6 Å². The van der Waals surface area contributed by atoms with Crippen LogP contribution >= 0.6 is 11.6 Å². The maximum Gasteiger partial charge on any atom is 0.264 e. The molecule has 0 aliphatic carbocycles. The zero-order valence-electron chi connectivity index (χ0n) is 8.04. The van der Waals surface area contributed by atoms with Gasteiger partial charge in [-0.2, -0.15) is 10.5 Å². The van der Waals surface area contributed by atoms with Crippen LogP contribution in [-0.4, -0.2) is 4.98 Å². The smallest absolute Gasteiger partial charge is 0.245 e. The van der Waals surface area contributed by atoms with E-state index in [2.05, 4.69) is 4.98 Å². The summed E-state index contributed by atoms with van der Waals surface area (Å²) in [6.45, 7) is 0. The van der Waals surface area contributed by atoms with E-state index in [1.165, 1.54) is 0 Å². The van der Waals surface area contributed by atoms with Gasteiger partial charge in [-0.25, -0.2) is 13.8 Å². The first-order valence-electron chi connectivity index (χ1n) is 4.27. The fraction of sp³-hybridized carbons (Fsp3) is 0.300. The van der Waals surface area contributed by atoms with E-state index < -0.39 is 6.43 Å². The molecule has 0 amide bonds. The quantitative estimate of drug-likeness (QED) is 0.765. The zero-order valence-corrected chi connectivity index (χ0v) is 8.80. The lowest BCUT2D eigenvalue weighted by molar-refractivity contribution is 0.149. The molecule has 0 saturated heterocycles. The highest BCUT2D eigenvalue weighted by Gasteiger charge is 2.21. The second-order valence-electron chi connectivity index (χ2n) is 2.91. The molecule has 0 unspecified atom stereocenters. The van der Waals surface area contributed by atoms with E-state index in [4.69, 9.17) is 22.1 Å². The molecule has 0 aliphatic heterocycles. The lowest BCUT2D eigenvalue weighted by Crippen LogP contribution is -2.04. The second-order valence-corrected chi connectivity index (χ2v) is 3.17. The molecular formula is C10H6ClF2N3. The monoisotopic (exact) mass is 241 g/mol. The molecule has 0 atom stereocenters. The lowest BCUT2D eigenvalue weighted by Gasteiger charge is -2.11. The van der Waals surface area contributed by atoms with Crippen LogP contribution in [0.3, 0.4) is 0 Å². The van der Waals surface area contributed by atoms with Crippen molar-refractivity contribution in [2.45, 2.75) is 18.7 Å². The molecular weight excluding hydrogens is 236 g/mol. The second kappa shape index (κ2) is 5.39. The minimum atomic E-state index is -2.77. The standard InChI is InChI=1S/C10H6ClF2N3/c11-3-7-8(4-15)16-5-6(1-2-14)9(7)10(12)13/h5,10H,1,3H2. The molecule has 16 heavy (non-hydrogen) atoms. The number of aromatic nitrogens is 1. The van der Waals surface area contributed by atoms with Gasteiger partial charge in [0.2, 0.25) is 0 Å². The highest BCUT2D eigenvalue weighted by Crippen LogP contribution is 2.29. The zero-order chi connectivity index (χ0) is 12.1. The summed E-state index contributed by atoms with van der Waals surface area (Å²) in [4.78, 5) is 3.70. The topological polar surface area (TPSA) is 60.5 Å². The van der Waals surface area contributed by atoms with Crippen LogP contribution in [-0.2, 0) is 12.3 Å². The molecule has 0 bridgehead atoms. The Balaban J connectivity index is 3.46. The summed E-state index contributed by atoms with van der Waals surface area (Å²) in [5.41, 5.74) is -0.339. The summed E-state index contributed by atoms with van der Waals surface area (Å²) in [6, 6.07) is 3.47. The Labute approximate surface area is 95.9 Å². The molecule has 1 heterocycles. The molecule has 0 N–H and O–H groups in total. The number of halogens is 3. The largest absolute Gasteiger partial charge is 0.264 e. The van der Waals surface area contributed by atoms with Crippen LogP contribution < -0.4 is 0 Å². The molecule has 0 aliphatic rings. The fourth-order valence-corrected chi connectivity index (χ4v) is 1.61. The van der Waals surface area contributed by atoms with Gasteiger partial charge >= 0.3 is 0 Å². The molecule has 1 aromatic heterocycles. The van der Waals surface area contributed by atoms with Crippen molar-refractivity contribution < 1.29 is 8.78 Å². The number of rotatable bonds is 3. The van der Waals surface area contributed by atoms with Gasteiger partial charge in [0, 0.05) is 17.3 Å². The van der Waals surface area contributed by atoms with Gasteiger partial charge in [-0.15, -0.1) is 11.6 Å². The first kappa shape index (κ1) is 12.4. The fourth-order valence-electron chi connectivity index (χ4n) is 1.34. The first-order valence-corrected chi connectivity index (χ1v) is 4.81. The minimum Gasteiger partial charge on any atom is -0.245 e. The average Bonchev–Trinajstić information content (AvgIpc) is 2.28. The van der Waals surface area contributed by atoms with E-state index in [9.17, 15) is 8.78 Å². The summed E-state index contributed by atoms with van der Waals surface area (Å²) < 4.78 is 25.6. The maximum absolute atomic E-state index is 12.8. The summed E-state index contributed by atoms with van der Waals surface area (Å²) in [5.74, 6) is -0.227. The van der Waals surface area contributed by atoms with Gasteiger partial charge in [0.25, 0.3) is 6.43 Å². The molecule has 0 fully saturated rings. The van der Waals surface area contributed by atoms with Crippen LogP contribution in [0.1, 0.15) is 28.8 Å². The Kier molecular flexibility index (Phi) is 4.16. The molecule has 0 spiro atoms. The van der Waals surface area contributed by atoms with Crippen LogP contribution in [0.15, 0.2) is 6.20 Å². The summed E-state index contributed by atoms with van der Waals surface area (Å²) in [7, 11) is 0. The van der Waals surface area contributed by atoms with Crippen LogP contribution in [0.25, 0.3) is 0 Å². The third-order valence-electron chi connectivity index (χ3n) is 2.03. The van der Waals surface area contributed by atoms with Crippen molar-refractivity contribution in [3.8, 4) is 12.1 Å². The molecule has 1 rings (SSSR count). The molecule has 0 aromatic carbocycles. The highest BCUT2D eigenvalue weighted by molar-refractivity contribution is 6.17. The molecule has 3 nitrogen and oxygen atoms in total. The average molecular weight is 242 g/mol. The van der Waals surface area contributed by atoms with E-state index in [0.717, 1.165) is 6.20 Å². The van der Waals surface area contributed by atoms with Gasteiger partial charge < -0.3 is 0 Å². The van der Waals surface area contributed by atoms with Gasteiger partial charge in [-0.1, -0.05) is 0 Å². The molecule has 0 radical (unpaired) electrons. The van der Waals surface area contributed by atoms with E-state index in [1.807, 2.05) is 0 Å². The minimum absolute atomic E-state index is 0.00640. The van der Waals surface area contributed by atoms with Crippen LogP contribution in [0.5, 0.6) is 0 Å². The number of pyridine rings is 1. The van der Waals surface area contributed by atoms with Crippen molar-refractivity contribution in [3.05, 3.63) is 28.6 Å². The molecule has 6 heteroatoms. The Morgan fingerprint density at radius 1 is 1.44 bits per heavy atom. The molecule has 1 aromatic rings. The lowest BCUT2D eigenvalue weighted by atomic mass is 10.0. The SMILES string of the molecule is N#CCc1cnc(C#N)c(CCl)c1C(F)F. The normalized spacial score (nSPS) is 9.88. The van der Waals surface area contributed by atoms with E-state index in [0.29, 0.717) is 0 Å². The Bertz CT molecular complexity index is 474. The Morgan fingerprint density at radius 2 is 2.12 bits per heavy atom. The van der Waals surface area contributed by atoms with Crippen LogP contribution in [0, 0.1) is 22.7 Å². The molecule has 0 saturated carbocycles. The van der Waals surface area contributed by atoms with Gasteiger partial charge in [-0.05, 0) is 5.56 Å². The summed E-state index contributed by atoms with van der Waals surface area (Å²) in [6.07, 6.45) is -1.83. The number of nitrogens with zero attached hydrogens (tertiary/aromatic N) is 3. The molecule has 82 valence electrons. The number of hydrogen-bond donors (Lipinski definition) is 0. The number of hydrogen-bond acceptors (Lipinski definition) is 3. The third kappa shape index (κ3) is 2.26. The maximum atomic E-state index is 12.8. The van der Waals surface area contributed by atoms with Crippen molar-refractivity contribution in [1.82, 2.24) is 4.98 Å². The van der Waals surface area contributed by atoms with Crippen LogP contribution in [0.4, 0.5) is 8.78 Å². The van der Waals surface area contributed by atoms with Gasteiger partial charge in [-0.3, -0.25) is 0 Å². The van der Waals surface area contributed by atoms with Gasteiger partial charge in [0.05, 0.1) is 18.4 Å². The van der Waals surface area contributed by atoms with E-state index in [1.54, 1.807) is 12.1 Å².